The summed E-state index contributed by atoms with van der Waals surface area (Å²) in [6, 6.07) is 0. The summed E-state index contributed by atoms with van der Waals surface area (Å²) in [5.74, 6) is 0. The van der Waals surface area contributed by atoms with Crippen molar-refractivity contribution in [3.63, 3.8) is 0 Å². The molecule has 86 valence electrons. The maximum absolute atomic E-state index is 2.42. The Morgan fingerprint density at radius 2 is 1.20 bits per heavy atom. The van der Waals surface area contributed by atoms with Crippen LogP contribution >= 0.6 is 11.6 Å². The molecule has 0 saturated heterocycles. The zero-order chi connectivity index (χ0) is 11.9. The summed E-state index contributed by atoms with van der Waals surface area (Å²) in [6.45, 7) is 13.5. The van der Waals surface area contributed by atoms with Crippen LogP contribution in [0.2, 0.25) is 0 Å². The van der Waals surface area contributed by atoms with Crippen molar-refractivity contribution in [2.75, 3.05) is 6.26 Å². The van der Waals surface area contributed by atoms with Gasteiger partial charge in [0.1, 0.15) is 0 Å². The van der Waals surface area contributed by atoms with Gasteiger partial charge in [0.25, 0.3) is 0 Å². The van der Waals surface area contributed by atoms with Crippen molar-refractivity contribution >= 4 is 17.9 Å². The van der Waals surface area contributed by atoms with E-state index >= 15 is 0 Å². The molecule has 0 aromatic heterocycles. The van der Waals surface area contributed by atoms with Crippen molar-refractivity contribution < 1.29 is 0 Å². The predicted molar refractivity (Wildman–Crippen MR) is 71.6 cm³/mol. The van der Waals surface area contributed by atoms with Crippen molar-refractivity contribution in [1.29, 1.82) is 0 Å². The van der Waals surface area contributed by atoms with E-state index < -0.39 is 0 Å². The molecule has 0 saturated carbocycles. The van der Waals surface area contributed by atoms with E-state index in [0.29, 0.717) is 6.26 Å². The van der Waals surface area contributed by atoms with Gasteiger partial charge in [0.05, 0.1) is 0 Å². The molecule has 0 spiro atoms. The van der Waals surface area contributed by atoms with Gasteiger partial charge in [-0.3, -0.25) is 0 Å². The van der Waals surface area contributed by atoms with Gasteiger partial charge in [-0.2, -0.15) is 11.6 Å². The van der Waals surface area contributed by atoms with Gasteiger partial charge in [-0.15, -0.1) is 0 Å². The predicted octanol–water partition coefficient (Wildman–Crippen LogP) is 3.02. The van der Waals surface area contributed by atoms with Crippen molar-refractivity contribution in [3.05, 3.63) is 12.4 Å². The summed E-state index contributed by atoms with van der Waals surface area (Å²) in [6.07, 6.45) is 7.03. The third-order valence-electron chi connectivity index (χ3n) is 2.62. The molecule has 0 aromatic carbocycles. The highest BCUT2D eigenvalue weighted by Crippen LogP contribution is 2.32. The van der Waals surface area contributed by atoms with E-state index in [-0.39, 0.29) is 11.1 Å². The first-order valence-corrected chi connectivity index (χ1v) is 6.75. The second-order valence-electron chi connectivity index (χ2n) is 6.02. The topological polar surface area (TPSA) is 6.48 Å². The largest absolute Gasteiger partial charge is 0.447 e. The van der Waals surface area contributed by atoms with Crippen LogP contribution in [0.3, 0.4) is 0 Å². The van der Waals surface area contributed by atoms with E-state index in [9.17, 15) is 0 Å². The fourth-order valence-electron chi connectivity index (χ4n) is 1.76. The molecular formula is C11H23BN2S. The monoisotopic (exact) mass is 226 g/mol. The standard InChI is InChI=1S/C11H23BN2S/c1-10(2,3)13-8-9-14(11(4,5)6)12(13)15-7/h8-9H,1-7H3. The molecule has 0 bridgehead atoms. The molecule has 4 heteroatoms. The van der Waals surface area contributed by atoms with Gasteiger partial charge in [0, 0.05) is 23.5 Å². The smallest absolute Gasteiger partial charge is 0.387 e. The summed E-state index contributed by atoms with van der Waals surface area (Å²) in [4.78, 5) is 4.84. The summed E-state index contributed by atoms with van der Waals surface area (Å²) in [5.41, 5.74) is 0.369. The first-order chi connectivity index (χ1) is 6.68. The Balaban J connectivity index is 2.89. The summed E-state index contributed by atoms with van der Waals surface area (Å²) in [7, 11) is 0. The molecule has 0 N–H and O–H groups in total. The number of hydrogen-bond acceptors (Lipinski definition) is 3. The fraction of sp³-hybridized carbons (Fsp3) is 0.818. The van der Waals surface area contributed by atoms with Crippen LogP contribution in [0.25, 0.3) is 0 Å². The molecule has 0 unspecified atom stereocenters. The summed E-state index contributed by atoms with van der Waals surface area (Å²) in [5, 5.41) is 0. The molecule has 0 radical (unpaired) electrons. The minimum atomic E-state index is 0.185. The minimum absolute atomic E-state index is 0.185. The van der Waals surface area contributed by atoms with Crippen LogP contribution in [-0.4, -0.2) is 33.2 Å². The van der Waals surface area contributed by atoms with E-state index in [1.807, 2.05) is 11.6 Å². The lowest BCUT2D eigenvalue weighted by atomic mass is 9.90. The molecule has 1 heterocycles. The zero-order valence-corrected chi connectivity index (χ0v) is 11.9. The Hall–Kier alpha value is -0.245. The first-order valence-electron chi connectivity index (χ1n) is 5.46. The molecule has 1 aliphatic heterocycles. The van der Waals surface area contributed by atoms with Gasteiger partial charge >= 0.3 is 6.26 Å². The lowest BCUT2D eigenvalue weighted by molar-refractivity contribution is 0.291. The molecule has 0 fully saturated rings. The van der Waals surface area contributed by atoms with Crippen molar-refractivity contribution in [3.8, 4) is 0 Å². The number of hydrogen-bond donors (Lipinski definition) is 0. The molecule has 15 heavy (non-hydrogen) atoms. The maximum atomic E-state index is 2.42. The van der Waals surface area contributed by atoms with Crippen LogP contribution in [0, 0.1) is 0 Å². The zero-order valence-electron chi connectivity index (χ0n) is 11.0. The summed E-state index contributed by atoms with van der Waals surface area (Å²) < 4.78 is 0. The van der Waals surface area contributed by atoms with Gasteiger partial charge < -0.3 is 9.62 Å². The third-order valence-corrected chi connectivity index (χ3v) is 3.50. The van der Waals surface area contributed by atoms with Crippen molar-refractivity contribution in [2.24, 2.45) is 0 Å². The molecule has 0 aromatic rings. The molecule has 1 aliphatic rings. The van der Waals surface area contributed by atoms with E-state index in [4.69, 9.17) is 0 Å². The van der Waals surface area contributed by atoms with E-state index in [1.165, 1.54) is 0 Å². The Labute approximate surface area is 99.1 Å². The average Bonchev–Trinajstić information content (AvgIpc) is 2.43. The fourth-order valence-corrected chi connectivity index (χ4v) is 2.99. The van der Waals surface area contributed by atoms with E-state index in [1.54, 1.807) is 0 Å². The Kier molecular flexibility index (Phi) is 3.39. The second kappa shape index (κ2) is 3.97. The number of nitrogens with zero attached hydrogens (tertiary/aromatic N) is 2. The number of rotatable bonds is 1. The van der Waals surface area contributed by atoms with Crippen molar-refractivity contribution in [2.45, 2.75) is 52.6 Å². The third kappa shape index (κ3) is 2.66. The minimum Gasteiger partial charge on any atom is -0.387 e. The van der Waals surface area contributed by atoms with Crippen molar-refractivity contribution in [1.82, 2.24) is 9.62 Å². The molecule has 2 nitrogen and oxygen atoms in total. The normalized spacial score (nSPS) is 17.9. The second-order valence-corrected chi connectivity index (χ2v) is 6.91. The van der Waals surface area contributed by atoms with Gasteiger partial charge in [0.15, 0.2) is 0 Å². The average molecular weight is 226 g/mol. The van der Waals surface area contributed by atoms with Gasteiger partial charge in [-0.05, 0) is 47.8 Å². The van der Waals surface area contributed by atoms with E-state index in [2.05, 4.69) is 69.8 Å². The lowest BCUT2D eigenvalue weighted by Gasteiger charge is -2.42. The quantitative estimate of drug-likeness (QED) is 0.634. The lowest BCUT2D eigenvalue weighted by Crippen LogP contribution is -2.54. The molecule has 1 rings (SSSR count). The Morgan fingerprint density at radius 1 is 0.867 bits per heavy atom. The van der Waals surface area contributed by atoms with Crippen LogP contribution < -0.4 is 0 Å². The Bertz CT molecular complexity index is 228. The molecule has 0 aliphatic carbocycles. The molecular weight excluding hydrogens is 203 g/mol. The van der Waals surface area contributed by atoms with Gasteiger partial charge in [-0.25, -0.2) is 0 Å². The first kappa shape index (κ1) is 12.8. The van der Waals surface area contributed by atoms with Crippen LogP contribution in [0.15, 0.2) is 12.4 Å². The molecule has 0 atom stereocenters. The van der Waals surface area contributed by atoms with Crippen LogP contribution in [-0.2, 0) is 0 Å². The SMILES string of the molecule is CSB1N(C(C)(C)C)C=CN1C(C)(C)C. The van der Waals surface area contributed by atoms with Crippen LogP contribution in [0.1, 0.15) is 41.5 Å². The van der Waals surface area contributed by atoms with E-state index in [0.717, 1.165) is 0 Å². The Morgan fingerprint density at radius 3 is 1.40 bits per heavy atom. The highest BCUT2D eigenvalue weighted by molar-refractivity contribution is 8.24. The maximum Gasteiger partial charge on any atom is 0.447 e. The highest BCUT2D eigenvalue weighted by Gasteiger charge is 2.41. The highest BCUT2D eigenvalue weighted by atomic mass is 32.2. The molecule has 0 amide bonds. The van der Waals surface area contributed by atoms with Gasteiger partial charge in [0.2, 0.25) is 0 Å². The summed E-state index contributed by atoms with van der Waals surface area (Å²) >= 11 is 1.89. The van der Waals surface area contributed by atoms with Crippen LogP contribution in [0.5, 0.6) is 0 Å². The van der Waals surface area contributed by atoms with Crippen LogP contribution in [0.4, 0.5) is 0 Å². The van der Waals surface area contributed by atoms with Gasteiger partial charge in [-0.1, -0.05) is 0 Å².